The summed E-state index contributed by atoms with van der Waals surface area (Å²) >= 11 is 3.05. The van der Waals surface area contributed by atoms with Crippen molar-refractivity contribution < 1.29 is 9.18 Å². The molecule has 1 aromatic rings. The van der Waals surface area contributed by atoms with Crippen LogP contribution in [-0.4, -0.2) is 37.5 Å². The summed E-state index contributed by atoms with van der Waals surface area (Å²) in [7, 11) is 1.99. The summed E-state index contributed by atoms with van der Waals surface area (Å²) in [6.45, 7) is 4.37. The Morgan fingerprint density at radius 1 is 1.53 bits per heavy atom. The van der Waals surface area contributed by atoms with Crippen LogP contribution in [0.2, 0.25) is 0 Å². The maximum Gasteiger partial charge on any atom is 0.251 e. The minimum Gasteiger partial charge on any atom is -0.351 e. The van der Waals surface area contributed by atoms with Gasteiger partial charge in [-0.05, 0) is 47.7 Å². The summed E-state index contributed by atoms with van der Waals surface area (Å²) in [6, 6.07) is 4.23. The van der Waals surface area contributed by atoms with E-state index in [-0.39, 0.29) is 11.7 Å². The molecular formula is C12H16BrFN2O. The van der Waals surface area contributed by atoms with E-state index >= 15 is 0 Å². The van der Waals surface area contributed by atoms with Crippen molar-refractivity contribution in [2.75, 3.05) is 26.7 Å². The Balaban J connectivity index is 2.50. The van der Waals surface area contributed by atoms with Gasteiger partial charge < -0.3 is 10.2 Å². The third-order valence-corrected chi connectivity index (χ3v) is 3.11. The van der Waals surface area contributed by atoms with Gasteiger partial charge in [0.05, 0.1) is 4.47 Å². The number of carbonyl (C=O) groups is 1. The fourth-order valence-electron chi connectivity index (χ4n) is 1.26. The number of likely N-dealkylation sites (N-methyl/N-ethyl adjacent to an activating group) is 1. The van der Waals surface area contributed by atoms with Gasteiger partial charge in [-0.3, -0.25) is 4.79 Å². The number of nitrogens with one attached hydrogen (secondary N) is 1. The topological polar surface area (TPSA) is 32.3 Å². The van der Waals surface area contributed by atoms with E-state index < -0.39 is 0 Å². The second kappa shape index (κ2) is 6.71. The van der Waals surface area contributed by atoms with E-state index in [0.29, 0.717) is 16.6 Å². The minimum atomic E-state index is -0.368. The Morgan fingerprint density at radius 2 is 2.24 bits per heavy atom. The maximum atomic E-state index is 13.0. The quantitative estimate of drug-likeness (QED) is 0.905. The first kappa shape index (κ1) is 14.1. The lowest BCUT2D eigenvalue weighted by Gasteiger charge is -2.14. The number of nitrogens with zero attached hydrogens (tertiary/aromatic N) is 1. The van der Waals surface area contributed by atoms with Crippen molar-refractivity contribution in [3.8, 4) is 0 Å². The second-order valence-corrected chi connectivity index (χ2v) is 4.64. The van der Waals surface area contributed by atoms with Crippen molar-refractivity contribution in [1.82, 2.24) is 10.2 Å². The van der Waals surface area contributed by atoms with Crippen LogP contribution in [0.4, 0.5) is 4.39 Å². The van der Waals surface area contributed by atoms with Crippen LogP contribution in [0.25, 0.3) is 0 Å². The maximum absolute atomic E-state index is 13.0. The molecule has 0 radical (unpaired) electrons. The Bertz CT molecular complexity index is 398. The summed E-state index contributed by atoms with van der Waals surface area (Å²) in [5, 5.41) is 2.79. The summed E-state index contributed by atoms with van der Waals surface area (Å²) in [5.74, 6) is -0.553. The lowest BCUT2D eigenvalue weighted by molar-refractivity contribution is 0.0950. The van der Waals surface area contributed by atoms with Crippen molar-refractivity contribution in [1.29, 1.82) is 0 Å². The molecule has 3 nitrogen and oxygen atoms in total. The molecule has 94 valence electrons. The van der Waals surface area contributed by atoms with Gasteiger partial charge in [-0.25, -0.2) is 4.39 Å². The molecule has 1 N–H and O–H groups in total. The van der Waals surface area contributed by atoms with E-state index in [0.717, 1.165) is 13.1 Å². The Morgan fingerprint density at radius 3 is 2.82 bits per heavy atom. The third-order valence-electron chi connectivity index (χ3n) is 2.50. The van der Waals surface area contributed by atoms with E-state index in [1.165, 1.54) is 18.2 Å². The molecule has 1 aromatic carbocycles. The zero-order chi connectivity index (χ0) is 12.8. The van der Waals surface area contributed by atoms with Gasteiger partial charge in [0.2, 0.25) is 0 Å². The molecule has 0 spiro atoms. The predicted molar refractivity (Wildman–Crippen MR) is 69.6 cm³/mol. The summed E-state index contributed by atoms with van der Waals surface area (Å²) < 4.78 is 13.3. The normalized spacial score (nSPS) is 10.6. The number of hydrogen-bond donors (Lipinski definition) is 1. The third kappa shape index (κ3) is 4.44. The fourth-order valence-corrected chi connectivity index (χ4v) is 1.64. The number of halogens is 2. The molecule has 0 saturated heterocycles. The van der Waals surface area contributed by atoms with Crippen LogP contribution in [0.3, 0.4) is 0 Å². The standard InChI is InChI=1S/C12H16BrFN2O/c1-3-16(2)7-6-15-12(17)9-4-5-11(14)10(13)8-9/h4-5,8H,3,6-7H2,1-2H3,(H,15,17). The molecule has 5 heteroatoms. The second-order valence-electron chi connectivity index (χ2n) is 3.78. The molecule has 0 fully saturated rings. The summed E-state index contributed by atoms with van der Waals surface area (Å²) in [4.78, 5) is 13.8. The number of amides is 1. The molecule has 0 aliphatic heterocycles. The van der Waals surface area contributed by atoms with Crippen molar-refractivity contribution >= 4 is 21.8 Å². The van der Waals surface area contributed by atoms with E-state index in [2.05, 4.69) is 33.1 Å². The van der Waals surface area contributed by atoms with Crippen molar-refractivity contribution in [2.24, 2.45) is 0 Å². The van der Waals surface area contributed by atoms with E-state index in [1.807, 2.05) is 7.05 Å². The summed E-state index contributed by atoms with van der Waals surface area (Å²) in [6.07, 6.45) is 0. The molecule has 17 heavy (non-hydrogen) atoms. The molecule has 0 aromatic heterocycles. The SMILES string of the molecule is CCN(C)CCNC(=O)c1ccc(F)c(Br)c1. The smallest absolute Gasteiger partial charge is 0.251 e. The van der Waals surface area contributed by atoms with Crippen LogP contribution in [0, 0.1) is 5.82 Å². The molecule has 0 atom stereocenters. The van der Waals surface area contributed by atoms with Gasteiger partial charge in [-0.2, -0.15) is 0 Å². The lowest BCUT2D eigenvalue weighted by atomic mass is 10.2. The number of carbonyl (C=O) groups excluding carboxylic acids is 1. The first-order valence-corrected chi connectivity index (χ1v) is 6.25. The Labute approximate surface area is 109 Å². The lowest BCUT2D eigenvalue weighted by Crippen LogP contribution is -2.32. The zero-order valence-corrected chi connectivity index (χ0v) is 11.6. The average molecular weight is 303 g/mol. The molecule has 0 bridgehead atoms. The van der Waals surface area contributed by atoms with Crippen molar-refractivity contribution in [3.05, 3.63) is 34.1 Å². The van der Waals surface area contributed by atoms with Crippen LogP contribution in [0.15, 0.2) is 22.7 Å². The predicted octanol–water partition coefficient (Wildman–Crippen LogP) is 2.27. The van der Waals surface area contributed by atoms with Crippen LogP contribution in [-0.2, 0) is 0 Å². The van der Waals surface area contributed by atoms with Gasteiger partial charge in [0.1, 0.15) is 5.82 Å². The van der Waals surface area contributed by atoms with E-state index in [4.69, 9.17) is 0 Å². The van der Waals surface area contributed by atoms with E-state index in [1.54, 1.807) is 0 Å². The average Bonchev–Trinajstić information content (AvgIpc) is 2.32. The Hall–Kier alpha value is -0.940. The van der Waals surface area contributed by atoms with Crippen molar-refractivity contribution in [3.63, 3.8) is 0 Å². The molecule has 0 unspecified atom stereocenters. The van der Waals surface area contributed by atoms with Crippen LogP contribution in [0.5, 0.6) is 0 Å². The molecule has 0 aliphatic rings. The van der Waals surface area contributed by atoms with Gasteiger partial charge in [-0.15, -0.1) is 0 Å². The molecule has 0 heterocycles. The fraction of sp³-hybridized carbons (Fsp3) is 0.417. The molecule has 1 rings (SSSR count). The number of benzene rings is 1. The van der Waals surface area contributed by atoms with E-state index in [9.17, 15) is 9.18 Å². The molecule has 0 saturated carbocycles. The van der Waals surface area contributed by atoms with Crippen LogP contribution < -0.4 is 5.32 Å². The van der Waals surface area contributed by atoms with Gasteiger partial charge >= 0.3 is 0 Å². The summed E-state index contributed by atoms with van der Waals surface area (Å²) in [5.41, 5.74) is 0.456. The van der Waals surface area contributed by atoms with Crippen LogP contribution >= 0.6 is 15.9 Å². The molecule has 0 aliphatic carbocycles. The molecular weight excluding hydrogens is 287 g/mol. The first-order chi connectivity index (χ1) is 8.04. The van der Waals surface area contributed by atoms with Crippen LogP contribution in [0.1, 0.15) is 17.3 Å². The molecule has 1 amide bonds. The first-order valence-electron chi connectivity index (χ1n) is 5.46. The van der Waals surface area contributed by atoms with Gasteiger partial charge in [0, 0.05) is 18.7 Å². The Kier molecular flexibility index (Phi) is 5.58. The zero-order valence-electron chi connectivity index (χ0n) is 9.96. The highest BCUT2D eigenvalue weighted by atomic mass is 79.9. The van der Waals surface area contributed by atoms with Gasteiger partial charge in [0.15, 0.2) is 0 Å². The van der Waals surface area contributed by atoms with Crippen molar-refractivity contribution in [2.45, 2.75) is 6.92 Å². The minimum absolute atomic E-state index is 0.185. The van der Waals surface area contributed by atoms with Gasteiger partial charge in [0.25, 0.3) is 5.91 Å². The highest BCUT2D eigenvalue weighted by Gasteiger charge is 2.07. The highest BCUT2D eigenvalue weighted by molar-refractivity contribution is 9.10. The largest absolute Gasteiger partial charge is 0.351 e. The number of rotatable bonds is 5. The monoisotopic (exact) mass is 302 g/mol. The number of hydrogen-bond acceptors (Lipinski definition) is 2. The van der Waals surface area contributed by atoms with Gasteiger partial charge in [-0.1, -0.05) is 6.92 Å². The highest BCUT2D eigenvalue weighted by Crippen LogP contribution is 2.16.